The van der Waals surface area contributed by atoms with Crippen molar-refractivity contribution < 1.29 is 23.8 Å². The van der Waals surface area contributed by atoms with Gasteiger partial charge in [-0.05, 0) is 71.1 Å². The highest BCUT2D eigenvalue weighted by Gasteiger charge is 2.49. The molecular weight excluding hydrogens is 418 g/mol. The predicted molar refractivity (Wildman–Crippen MR) is 131 cm³/mol. The van der Waals surface area contributed by atoms with E-state index in [9.17, 15) is 9.59 Å². The van der Waals surface area contributed by atoms with Gasteiger partial charge in [-0.15, -0.1) is 0 Å². The summed E-state index contributed by atoms with van der Waals surface area (Å²) in [5, 5.41) is 2.78. The number of hydrogen-bond acceptors (Lipinski definition) is 5. The largest absolute Gasteiger partial charge is 0.490 e. The summed E-state index contributed by atoms with van der Waals surface area (Å²) < 4.78 is 16.8. The molecule has 1 N–H and O–H groups in total. The predicted octanol–water partition coefficient (Wildman–Crippen LogP) is 6.35. The highest BCUT2D eigenvalue weighted by Crippen LogP contribution is 2.34. The fraction of sp³-hybridized carbons (Fsp3) is 0.704. The molecule has 1 fully saturated rings. The van der Waals surface area contributed by atoms with E-state index >= 15 is 0 Å². The molecule has 1 aliphatic carbocycles. The fourth-order valence-corrected chi connectivity index (χ4v) is 4.26. The van der Waals surface area contributed by atoms with Gasteiger partial charge in [0, 0.05) is 6.42 Å². The van der Waals surface area contributed by atoms with Crippen LogP contribution in [-0.4, -0.2) is 35.9 Å². The number of carbonyl (C=O) groups is 2. The molecule has 1 aliphatic rings. The van der Waals surface area contributed by atoms with E-state index in [2.05, 4.69) is 24.4 Å². The lowest BCUT2D eigenvalue weighted by atomic mass is 9.98. The molecule has 1 saturated carbocycles. The van der Waals surface area contributed by atoms with E-state index in [-0.39, 0.29) is 12.7 Å². The van der Waals surface area contributed by atoms with E-state index in [1.54, 1.807) is 27.7 Å². The summed E-state index contributed by atoms with van der Waals surface area (Å²) in [7, 11) is 0. The Morgan fingerprint density at radius 2 is 1.70 bits per heavy atom. The third-order valence-electron chi connectivity index (χ3n) is 5.92. The number of carbonyl (C=O) groups excluding carboxylic acids is 2. The molecular formula is C27H43NO5. The van der Waals surface area contributed by atoms with Gasteiger partial charge in [-0.3, -0.25) is 0 Å². The molecule has 0 spiro atoms. The van der Waals surface area contributed by atoms with Crippen LogP contribution in [0.3, 0.4) is 0 Å². The highest BCUT2D eigenvalue weighted by molar-refractivity contribution is 5.86. The first-order valence-electron chi connectivity index (χ1n) is 12.6. The number of ether oxygens (including phenoxy) is 3. The van der Waals surface area contributed by atoms with Crippen molar-refractivity contribution in [3.8, 4) is 5.75 Å². The number of aryl methyl sites for hydroxylation is 1. The summed E-state index contributed by atoms with van der Waals surface area (Å²) in [4.78, 5) is 25.2. The molecule has 0 aliphatic heterocycles. The van der Waals surface area contributed by atoms with Crippen LogP contribution in [0.1, 0.15) is 98.0 Å². The van der Waals surface area contributed by atoms with Crippen molar-refractivity contribution in [2.75, 3.05) is 6.61 Å². The smallest absolute Gasteiger partial charge is 0.408 e. The first-order valence-corrected chi connectivity index (χ1v) is 12.6. The van der Waals surface area contributed by atoms with Gasteiger partial charge in [0.05, 0.1) is 6.61 Å². The lowest BCUT2D eigenvalue weighted by Gasteiger charge is -2.29. The van der Waals surface area contributed by atoms with Crippen LogP contribution in [0.15, 0.2) is 24.3 Å². The van der Waals surface area contributed by atoms with Crippen molar-refractivity contribution in [2.45, 2.75) is 116 Å². The zero-order valence-electron chi connectivity index (χ0n) is 21.2. The van der Waals surface area contributed by atoms with Crippen molar-refractivity contribution in [3.05, 3.63) is 29.8 Å². The maximum Gasteiger partial charge on any atom is 0.408 e. The topological polar surface area (TPSA) is 73.9 Å². The van der Waals surface area contributed by atoms with E-state index in [0.29, 0.717) is 19.3 Å². The molecule has 1 amide bonds. The third kappa shape index (κ3) is 9.26. The van der Waals surface area contributed by atoms with Crippen molar-refractivity contribution in [1.29, 1.82) is 0 Å². The first kappa shape index (κ1) is 27.0. The Balaban J connectivity index is 1.90. The molecule has 0 heterocycles. The molecule has 2 atom stereocenters. The summed E-state index contributed by atoms with van der Waals surface area (Å²) in [6.07, 6.45) is 9.48. The Morgan fingerprint density at radius 1 is 1.03 bits per heavy atom. The molecule has 2 rings (SSSR count). The average molecular weight is 462 g/mol. The van der Waals surface area contributed by atoms with Gasteiger partial charge >= 0.3 is 12.1 Å². The SMILES string of the molecule is CCCCCCCCc1ccc(OC2CCC(NC(=O)OC(C)(C)C)(C(=O)OCC)C2)cc1. The summed E-state index contributed by atoms with van der Waals surface area (Å²) >= 11 is 0. The van der Waals surface area contributed by atoms with Gasteiger partial charge in [0.15, 0.2) is 0 Å². The highest BCUT2D eigenvalue weighted by atomic mass is 16.6. The lowest BCUT2D eigenvalue weighted by molar-refractivity contribution is -0.151. The second-order valence-electron chi connectivity index (χ2n) is 10.1. The minimum absolute atomic E-state index is 0.186. The Kier molecular flexibility index (Phi) is 10.5. The number of unbranched alkanes of at least 4 members (excludes halogenated alkanes) is 5. The van der Waals surface area contributed by atoms with Crippen molar-refractivity contribution in [1.82, 2.24) is 5.32 Å². The monoisotopic (exact) mass is 461 g/mol. The van der Waals surface area contributed by atoms with E-state index in [4.69, 9.17) is 14.2 Å². The molecule has 0 radical (unpaired) electrons. The number of rotatable bonds is 12. The first-order chi connectivity index (χ1) is 15.7. The van der Waals surface area contributed by atoms with Crippen LogP contribution in [0.25, 0.3) is 0 Å². The second-order valence-corrected chi connectivity index (χ2v) is 10.1. The Morgan fingerprint density at radius 3 is 2.33 bits per heavy atom. The number of hydrogen-bond donors (Lipinski definition) is 1. The van der Waals surface area contributed by atoms with E-state index in [1.807, 2.05) is 12.1 Å². The van der Waals surface area contributed by atoms with E-state index in [1.165, 1.54) is 44.1 Å². The molecule has 186 valence electrons. The number of nitrogens with one attached hydrogen (secondary N) is 1. The van der Waals surface area contributed by atoms with Gasteiger partial charge in [0.2, 0.25) is 0 Å². The van der Waals surface area contributed by atoms with Crippen molar-refractivity contribution in [2.24, 2.45) is 0 Å². The van der Waals surface area contributed by atoms with Crippen LogP contribution in [-0.2, 0) is 20.7 Å². The molecule has 1 aromatic carbocycles. The van der Waals surface area contributed by atoms with Crippen molar-refractivity contribution in [3.63, 3.8) is 0 Å². The third-order valence-corrected chi connectivity index (χ3v) is 5.92. The summed E-state index contributed by atoms with van der Waals surface area (Å²) in [6, 6.07) is 8.23. The van der Waals surface area contributed by atoms with Gasteiger partial charge in [-0.2, -0.15) is 0 Å². The normalized spacial score (nSPS) is 20.3. The molecule has 0 aromatic heterocycles. The standard InChI is InChI=1S/C27H43NO5/c1-6-8-9-10-11-12-13-21-14-16-22(17-15-21)32-23-18-19-27(20-23,24(29)31-7-2)28-25(30)33-26(3,4)5/h14-17,23H,6-13,18-20H2,1-5H3,(H,28,30). The number of benzene rings is 1. The van der Waals surface area contributed by atoms with Crippen LogP contribution < -0.4 is 10.1 Å². The average Bonchev–Trinajstić information content (AvgIpc) is 3.14. The summed E-state index contributed by atoms with van der Waals surface area (Å²) in [5.74, 6) is 0.347. The van der Waals surface area contributed by atoms with Crippen LogP contribution >= 0.6 is 0 Å². The molecule has 6 nitrogen and oxygen atoms in total. The minimum Gasteiger partial charge on any atom is -0.490 e. The van der Waals surface area contributed by atoms with Gasteiger partial charge in [-0.25, -0.2) is 9.59 Å². The van der Waals surface area contributed by atoms with Crippen LogP contribution in [0.5, 0.6) is 5.75 Å². The Bertz CT molecular complexity index is 740. The molecule has 1 aromatic rings. The Hall–Kier alpha value is -2.24. The minimum atomic E-state index is -1.12. The number of esters is 1. The molecule has 33 heavy (non-hydrogen) atoms. The number of amides is 1. The molecule has 0 saturated heterocycles. The zero-order chi connectivity index (χ0) is 24.3. The maximum absolute atomic E-state index is 12.7. The quantitative estimate of drug-likeness (QED) is 0.290. The van der Waals surface area contributed by atoms with Crippen LogP contribution in [0, 0.1) is 0 Å². The second kappa shape index (κ2) is 12.9. The van der Waals surface area contributed by atoms with Gasteiger partial charge in [0.1, 0.15) is 23.0 Å². The van der Waals surface area contributed by atoms with Gasteiger partial charge in [0.25, 0.3) is 0 Å². The molecule has 2 unspecified atom stereocenters. The Labute approximate surface area is 199 Å². The van der Waals surface area contributed by atoms with Crippen LogP contribution in [0.2, 0.25) is 0 Å². The fourth-order valence-electron chi connectivity index (χ4n) is 4.26. The molecule has 0 bridgehead atoms. The summed E-state index contributed by atoms with van der Waals surface area (Å²) in [5.41, 5.74) is -0.455. The number of alkyl carbamates (subject to hydrolysis) is 1. The van der Waals surface area contributed by atoms with Gasteiger partial charge < -0.3 is 19.5 Å². The maximum atomic E-state index is 12.7. The van der Waals surface area contributed by atoms with Crippen LogP contribution in [0.4, 0.5) is 4.79 Å². The molecule has 6 heteroatoms. The van der Waals surface area contributed by atoms with E-state index < -0.39 is 23.2 Å². The lowest BCUT2D eigenvalue weighted by Crippen LogP contribution is -2.55. The van der Waals surface area contributed by atoms with Crippen molar-refractivity contribution >= 4 is 12.1 Å². The zero-order valence-corrected chi connectivity index (χ0v) is 21.2. The van der Waals surface area contributed by atoms with Gasteiger partial charge in [-0.1, -0.05) is 51.2 Å². The van der Waals surface area contributed by atoms with E-state index in [0.717, 1.165) is 12.2 Å². The summed E-state index contributed by atoms with van der Waals surface area (Å²) in [6.45, 7) is 9.63.